The van der Waals surface area contributed by atoms with Crippen LogP contribution in [0.25, 0.3) is 6.08 Å². The molecule has 0 aromatic heterocycles. The van der Waals surface area contributed by atoms with Crippen LogP contribution in [0.15, 0.2) is 53.9 Å². The van der Waals surface area contributed by atoms with Crippen LogP contribution in [0.5, 0.6) is 5.75 Å². The predicted octanol–water partition coefficient (Wildman–Crippen LogP) is 3.42. The normalized spacial score (nSPS) is 11.1. The van der Waals surface area contributed by atoms with Crippen molar-refractivity contribution in [2.24, 2.45) is 0 Å². The fraction of sp³-hybridized carbons (Fsp3) is 0.118. The maximum absolute atomic E-state index is 12.1. The molecule has 0 saturated carbocycles. The quantitative estimate of drug-likeness (QED) is 0.359. The Kier molecular flexibility index (Phi) is 6.57. The molecule has 2 rings (SSSR count). The molecule has 0 amide bonds. The summed E-state index contributed by atoms with van der Waals surface area (Å²) >= 11 is 1.95. The van der Waals surface area contributed by atoms with E-state index in [9.17, 15) is 13.2 Å². The van der Waals surface area contributed by atoms with Gasteiger partial charge < -0.3 is 9.84 Å². The Bertz CT molecular complexity index is 875. The zero-order valence-electron chi connectivity index (χ0n) is 13.0. The lowest BCUT2D eigenvalue weighted by atomic mass is 10.2. The van der Waals surface area contributed by atoms with Crippen molar-refractivity contribution in [1.29, 1.82) is 0 Å². The Hall–Kier alpha value is -1.91. The van der Waals surface area contributed by atoms with Crippen molar-refractivity contribution in [2.45, 2.75) is 4.90 Å². The molecule has 8 heteroatoms. The SMILES string of the molecule is C=Cc1ccc(S(=O)(=O)OCCOc2ccc(C(=O)O)cc2I)cc1. The highest BCUT2D eigenvalue weighted by Gasteiger charge is 2.15. The summed E-state index contributed by atoms with van der Waals surface area (Å²) in [5.74, 6) is -0.566. The van der Waals surface area contributed by atoms with Crippen LogP contribution in [0.1, 0.15) is 15.9 Å². The summed E-state index contributed by atoms with van der Waals surface area (Å²) in [4.78, 5) is 10.9. The van der Waals surface area contributed by atoms with E-state index >= 15 is 0 Å². The topological polar surface area (TPSA) is 89.9 Å². The van der Waals surface area contributed by atoms with E-state index in [1.165, 1.54) is 30.3 Å². The summed E-state index contributed by atoms with van der Waals surface area (Å²) in [6, 6.07) is 10.6. The molecule has 6 nitrogen and oxygen atoms in total. The minimum Gasteiger partial charge on any atom is -0.490 e. The molecule has 0 aliphatic heterocycles. The molecular formula is C17H15IO6S. The van der Waals surface area contributed by atoms with E-state index < -0.39 is 16.1 Å². The van der Waals surface area contributed by atoms with Gasteiger partial charge in [-0.25, -0.2) is 4.79 Å². The van der Waals surface area contributed by atoms with Gasteiger partial charge in [0.2, 0.25) is 0 Å². The van der Waals surface area contributed by atoms with Crippen LogP contribution < -0.4 is 4.74 Å². The van der Waals surface area contributed by atoms with Gasteiger partial charge in [0.1, 0.15) is 19.0 Å². The number of aromatic carboxylic acids is 1. The van der Waals surface area contributed by atoms with Crippen molar-refractivity contribution in [3.05, 3.63) is 63.7 Å². The van der Waals surface area contributed by atoms with Crippen LogP contribution in [-0.2, 0) is 14.3 Å². The zero-order valence-corrected chi connectivity index (χ0v) is 16.0. The molecule has 0 heterocycles. The Morgan fingerprint density at radius 1 is 1.16 bits per heavy atom. The number of halogens is 1. The van der Waals surface area contributed by atoms with Crippen LogP contribution in [-0.4, -0.2) is 32.7 Å². The van der Waals surface area contributed by atoms with Gasteiger partial charge in [0, 0.05) is 0 Å². The summed E-state index contributed by atoms with van der Waals surface area (Å²) in [5.41, 5.74) is 0.959. The lowest BCUT2D eigenvalue weighted by molar-refractivity contribution is 0.0696. The van der Waals surface area contributed by atoms with Crippen LogP contribution in [0.2, 0.25) is 0 Å². The first kappa shape index (κ1) is 19.4. The predicted molar refractivity (Wildman–Crippen MR) is 101 cm³/mol. The van der Waals surface area contributed by atoms with Crippen LogP contribution >= 0.6 is 22.6 Å². The molecule has 0 aliphatic carbocycles. The Balaban J connectivity index is 1.91. The molecule has 0 aliphatic rings. The van der Waals surface area contributed by atoms with Crippen molar-refractivity contribution in [1.82, 2.24) is 0 Å². The van der Waals surface area contributed by atoms with Crippen LogP contribution in [0, 0.1) is 3.57 Å². The first-order valence-corrected chi connectivity index (χ1v) is 9.60. The number of carbonyl (C=O) groups is 1. The lowest BCUT2D eigenvalue weighted by Crippen LogP contribution is -2.13. The van der Waals surface area contributed by atoms with Gasteiger partial charge >= 0.3 is 5.97 Å². The van der Waals surface area contributed by atoms with E-state index in [-0.39, 0.29) is 23.7 Å². The lowest BCUT2D eigenvalue weighted by Gasteiger charge is -2.10. The van der Waals surface area contributed by atoms with Gasteiger partial charge in [0.25, 0.3) is 10.1 Å². The molecule has 25 heavy (non-hydrogen) atoms. The average Bonchev–Trinajstić information content (AvgIpc) is 2.59. The molecule has 0 saturated heterocycles. The van der Waals surface area contributed by atoms with Gasteiger partial charge in [-0.15, -0.1) is 0 Å². The monoisotopic (exact) mass is 474 g/mol. The number of carboxylic acid groups (broad SMARTS) is 1. The summed E-state index contributed by atoms with van der Waals surface area (Å²) in [6.45, 7) is 3.45. The van der Waals surface area contributed by atoms with Crippen molar-refractivity contribution >= 4 is 44.8 Å². The molecule has 0 fully saturated rings. The second-order valence-electron chi connectivity index (χ2n) is 4.85. The number of carboxylic acids is 1. The van der Waals surface area contributed by atoms with E-state index in [4.69, 9.17) is 14.0 Å². The summed E-state index contributed by atoms with van der Waals surface area (Å²) in [7, 11) is -3.86. The van der Waals surface area contributed by atoms with E-state index in [0.717, 1.165) is 5.56 Å². The van der Waals surface area contributed by atoms with Gasteiger partial charge in [0.05, 0.1) is 14.0 Å². The standard InChI is InChI=1S/C17H15IO6S/c1-2-12-3-6-14(7-4-12)25(21,22)24-10-9-23-16-8-5-13(17(19)20)11-15(16)18/h2-8,11H,1,9-10H2,(H,19,20). The highest BCUT2D eigenvalue weighted by molar-refractivity contribution is 14.1. The average molecular weight is 474 g/mol. The van der Waals surface area contributed by atoms with Crippen LogP contribution in [0.4, 0.5) is 0 Å². The van der Waals surface area contributed by atoms with Gasteiger partial charge in [0.15, 0.2) is 0 Å². The summed E-state index contributed by atoms with van der Waals surface area (Å²) in [5, 5.41) is 8.91. The van der Waals surface area contributed by atoms with E-state index in [1.807, 2.05) is 22.6 Å². The van der Waals surface area contributed by atoms with Gasteiger partial charge in [-0.05, 0) is 58.5 Å². The molecule has 0 unspecified atom stereocenters. The minimum atomic E-state index is -3.86. The number of ether oxygens (including phenoxy) is 1. The second kappa shape index (κ2) is 8.45. The van der Waals surface area contributed by atoms with E-state index in [2.05, 4.69) is 6.58 Å². The molecule has 2 aromatic rings. The Morgan fingerprint density at radius 2 is 1.84 bits per heavy atom. The zero-order chi connectivity index (χ0) is 18.4. The third kappa shape index (κ3) is 5.28. The maximum Gasteiger partial charge on any atom is 0.335 e. The molecule has 0 spiro atoms. The van der Waals surface area contributed by atoms with Crippen molar-refractivity contribution in [2.75, 3.05) is 13.2 Å². The molecule has 0 atom stereocenters. The number of hydrogen-bond acceptors (Lipinski definition) is 5. The van der Waals surface area contributed by atoms with Crippen molar-refractivity contribution < 1.29 is 27.2 Å². The molecule has 0 radical (unpaired) electrons. The number of rotatable bonds is 8. The Labute approximate surface area is 159 Å². The summed E-state index contributed by atoms with van der Waals surface area (Å²) < 4.78 is 35.1. The maximum atomic E-state index is 12.1. The second-order valence-corrected chi connectivity index (χ2v) is 7.63. The van der Waals surface area contributed by atoms with E-state index in [1.54, 1.807) is 18.2 Å². The molecule has 132 valence electrons. The first-order chi connectivity index (χ1) is 11.8. The van der Waals surface area contributed by atoms with Crippen molar-refractivity contribution in [3.8, 4) is 5.75 Å². The number of hydrogen-bond donors (Lipinski definition) is 1. The fourth-order valence-electron chi connectivity index (χ4n) is 1.88. The summed E-state index contributed by atoms with van der Waals surface area (Å²) in [6.07, 6.45) is 1.61. The third-order valence-electron chi connectivity index (χ3n) is 3.16. The van der Waals surface area contributed by atoms with Gasteiger partial charge in [-0.3, -0.25) is 4.18 Å². The molecule has 2 aromatic carbocycles. The Morgan fingerprint density at radius 3 is 2.40 bits per heavy atom. The number of benzene rings is 2. The van der Waals surface area contributed by atoms with Gasteiger partial charge in [-0.2, -0.15) is 8.42 Å². The smallest absolute Gasteiger partial charge is 0.335 e. The molecular weight excluding hydrogens is 459 g/mol. The van der Waals surface area contributed by atoms with E-state index in [0.29, 0.717) is 9.32 Å². The van der Waals surface area contributed by atoms with Crippen molar-refractivity contribution in [3.63, 3.8) is 0 Å². The minimum absolute atomic E-state index is 0.00634. The fourth-order valence-corrected chi connectivity index (χ4v) is 3.45. The largest absolute Gasteiger partial charge is 0.490 e. The molecule has 0 bridgehead atoms. The first-order valence-electron chi connectivity index (χ1n) is 7.11. The highest BCUT2D eigenvalue weighted by atomic mass is 127. The van der Waals surface area contributed by atoms with Crippen LogP contribution in [0.3, 0.4) is 0 Å². The van der Waals surface area contributed by atoms with Gasteiger partial charge in [-0.1, -0.05) is 24.8 Å². The third-order valence-corrected chi connectivity index (χ3v) is 5.33. The molecule has 1 N–H and O–H groups in total. The highest BCUT2D eigenvalue weighted by Crippen LogP contribution is 2.22.